The molecule has 4 aromatic carbocycles. The number of sulfonamides is 1. The van der Waals surface area contributed by atoms with Crippen LogP contribution in [0.1, 0.15) is 31.9 Å². The van der Waals surface area contributed by atoms with E-state index in [9.17, 15) is 28.1 Å². The highest BCUT2D eigenvalue weighted by Gasteiger charge is 2.36. The molecule has 0 aromatic heterocycles. The van der Waals surface area contributed by atoms with Gasteiger partial charge < -0.3 is 10.2 Å². The minimum atomic E-state index is -4.38. The van der Waals surface area contributed by atoms with Gasteiger partial charge >= 0.3 is 0 Å². The normalized spacial score (nSPS) is 12.2. The smallest absolute Gasteiger partial charge is 0.269 e. The monoisotopic (exact) mass is 696 g/mol. The van der Waals surface area contributed by atoms with E-state index in [-0.39, 0.29) is 39.3 Å². The molecule has 10 nitrogen and oxygen atoms in total. The summed E-state index contributed by atoms with van der Waals surface area (Å²) in [7, 11) is -4.38. The third-order valence-electron chi connectivity index (χ3n) is 7.12. The van der Waals surface area contributed by atoms with Gasteiger partial charge in [-0.05, 0) is 62.7 Å². The molecule has 2 amide bonds. The highest BCUT2D eigenvalue weighted by atomic mass is 35.5. The Bertz CT molecular complexity index is 1810. The zero-order valence-electron chi connectivity index (χ0n) is 26.0. The van der Waals surface area contributed by atoms with Gasteiger partial charge in [-0.3, -0.25) is 24.0 Å². The van der Waals surface area contributed by atoms with Gasteiger partial charge in [-0.1, -0.05) is 77.8 Å². The molecule has 0 spiro atoms. The second-order valence-corrected chi connectivity index (χ2v) is 14.4. The number of nitro groups is 1. The van der Waals surface area contributed by atoms with Crippen molar-refractivity contribution >= 4 is 56.4 Å². The van der Waals surface area contributed by atoms with E-state index in [2.05, 4.69) is 5.32 Å². The summed E-state index contributed by atoms with van der Waals surface area (Å²) in [6.45, 7) is 4.47. The third-order valence-corrected chi connectivity index (χ3v) is 9.61. The summed E-state index contributed by atoms with van der Waals surface area (Å²) < 4.78 is 29.0. The molecule has 0 saturated carbocycles. The van der Waals surface area contributed by atoms with E-state index in [1.54, 1.807) is 36.4 Å². The van der Waals surface area contributed by atoms with E-state index in [4.69, 9.17) is 23.2 Å². The topological polar surface area (TPSA) is 130 Å². The van der Waals surface area contributed by atoms with Gasteiger partial charge in [0.05, 0.1) is 15.5 Å². The van der Waals surface area contributed by atoms with Gasteiger partial charge in [0.15, 0.2) is 0 Å². The lowest BCUT2D eigenvalue weighted by Crippen LogP contribution is -2.56. The Morgan fingerprint density at radius 1 is 0.851 bits per heavy atom. The van der Waals surface area contributed by atoms with Crippen LogP contribution in [0.25, 0.3) is 0 Å². The fraction of sp³-hybridized carbons (Fsp3) is 0.235. The Morgan fingerprint density at radius 2 is 1.40 bits per heavy atom. The van der Waals surface area contributed by atoms with Crippen molar-refractivity contribution in [3.8, 4) is 0 Å². The largest absolute Gasteiger partial charge is 0.350 e. The van der Waals surface area contributed by atoms with Crippen molar-refractivity contribution in [1.82, 2.24) is 10.2 Å². The quantitative estimate of drug-likeness (QED) is 0.130. The molecule has 47 heavy (non-hydrogen) atoms. The molecule has 0 heterocycles. The van der Waals surface area contributed by atoms with Crippen LogP contribution < -0.4 is 9.62 Å². The molecule has 0 aliphatic heterocycles. The maximum Gasteiger partial charge on any atom is 0.269 e. The number of nitro benzene ring substituents is 1. The predicted molar refractivity (Wildman–Crippen MR) is 183 cm³/mol. The van der Waals surface area contributed by atoms with Crippen LogP contribution in [0.2, 0.25) is 10.0 Å². The Labute approximate surface area is 284 Å². The number of hydrogen-bond acceptors (Lipinski definition) is 6. The standard InChI is InChI=1S/C34H34Cl2N4O6S/c1-34(2,3)37-33(42)31(21-24-11-6-4-7-12-24)38(22-28-29(35)15-10-16-30(28)36)32(41)23-39(25-17-19-26(20-18-25)40(43)44)47(45,46)27-13-8-5-9-14-27/h4-20,31H,21-23H2,1-3H3,(H,37,42)/t31-/m1/s1. The first-order valence-corrected chi connectivity index (χ1v) is 16.8. The molecular weight excluding hydrogens is 663 g/mol. The first kappa shape index (κ1) is 35.4. The molecular formula is C34H34Cl2N4O6S. The predicted octanol–water partition coefficient (Wildman–Crippen LogP) is 6.65. The minimum Gasteiger partial charge on any atom is -0.350 e. The molecule has 1 N–H and O–H groups in total. The number of rotatable bonds is 12. The zero-order chi connectivity index (χ0) is 34.4. The van der Waals surface area contributed by atoms with Crippen LogP contribution in [-0.2, 0) is 32.6 Å². The summed E-state index contributed by atoms with van der Waals surface area (Å²) in [5, 5.41) is 14.8. The van der Waals surface area contributed by atoms with Crippen molar-refractivity contribution in [3.05, 3.63) is 134 Å². The van der Waals surface area contributed by atoms with Crippen molar-refractivity contribution in [1.29, 1.82) is 0 Å². The van der Waals surface area contributed by atoms with Gasteiger partial charge in [0.25, 0.3) is 15.7 Å². The summed E-state index contributed by atoms with van der Waals surface area (Å²) in [5.74, 6) is -1.20. The van der Waals surface area contributed by atoms with Crippen molar-refractivity contribution in [2.75, 3.05) is 10.8 Å². The number of nitrogens with one attached hydrogen (secondary N) is 1. The van der Waals surface area contributed by atoms with Crippen LogP contribution in [0.3, 0.4) is 0 Å². The highest BCUT2D eigenvalue weighted by Crippen LogP contribution is 2.30. The van der Waals surface area contributed by atoms with Gasteiger partial charge in [0, 0.05) is 46.2 Å². The first-order chi connectivity index (χ1) is 22.2. The molecule has 0 unspecified atom stereocenters. The minimum absolute atomic E-state index is 0.0160. The van der Waals surface area contributed by atoms with Crippen LogP contribution in [0.4, 0.5) is 11.4 Å². The summed E-state index contributed by atoms with van der Waals surface area (Å²) in [6, 6.07) is 25.2. The second kappa shape index (κ2) is 15.0. The SMILES string of the molecule is CC(C)(C)NC(=O)[C@@H](Cc1ccccc1)N(Cc1c(Cl)cccc1Cl)C(=O)CN(c1ccc([N+](=O)[O-])cc1)S(=O)(=O)c1ccccc1. The van der Waals surface area contributed by atoms with E-state index in [0.717, 1.165) is 22.0 Å². The lowest BCUT2D eigenvalue weighted by Gasteiger charge is -2.35. The molecule has 246 valence electrons. The average Bonchev–Trinajstić information content (AvgIpc) is 3.02. The van der Waals surface area contributed by atoms with Crippen LogP contribution in [-0.4, -0.2) is 48.2 Å². The highest BCUT2D eigenvalue weighted by molar-refractivity contribution is 7.92. The van der Waals surface area contributed by atoms with Crippen molar-refractivity contribution in [3.63, 3.8) is 0 Å². The number of carbonyl (C=O) groups excluding carboxylic acids is 2. The summed E-state index contributed by atoms with van der Waals surface area (Å²) in [6.07, 6.45) is 0.0968. The third kappa shape index (κ3) is 9.09. The zero-order valence-corrected chi connectivity index (χ0v) is 28.3. The summed E-state index contributed by atoms with van der Waals surface area (Å²) in [5.41, 5.74) is 0.230. The van der Waals surface area contributed by atoms with Gasteiger partial charge in [-0.25, -0.2) is 8.42 Å². The molecule has 0 aliphatic carbocycles. The number of amides is 2. The lowest BCUT2D eigenvalue weighted by molar-refractivity contribution is -0.384. The van der Waals surface area contributed by atoms with Gasteiger partial charge in [-0.2, -0.15) is 0 Å². The van der Waals surface area contributed by atoms with E-state index < -0.39 is 44.9 Å². The Morgan fingerprint density at radius 3 is 1.94 bits per heavy atom. The van der Waals surface area contributed by atoms with Gasteiger partial charge in [0.1, 0.15) is 12.6 Å². The number of carbonyl (C=O) groups is 2. The van der Waals surface area contributed by atoms with Gasteiger partial charge in [-0.15, -0.1) is 0 Å². The maximum absolute atomic E-state index is 14.6. The van der Waals surface area contributed by atoms with Crippen molar-refractivity contribution < 1.29 is 22.9 Å². The van der Waals surface area contributed by atoms with Gasteiger partial charge in [0.2, 0.25) is 11.8 Å². The maximum atomic E-state index is 14.6. The number of benzene rings is 4. The molecule has 4 rings (SSSR count). The van der Waals surface area contributed by atoms with Crippen molar-refractivity contribution in [2.24, 2.45) is 0 Å². The Balaban J connectivity index is 1.86. The summed E-state index contributed by atoms with van der Waals surface area (Å²) in [4.78, 5) is 40.4. The van der Waals surface area contributed by atoms with E-state index >= 15 is 0 Å². The van der Waals surface area contributed by atoms with Crippen LogP contribution >= 0.6 is 23.2 Å². The molecule has 0 fully saturated rings. The fourth-order valence-corrected chi connectivity index (χ4v) is 6.80. The Hall–Kier alpha value is -4.45. The molecule has 0 bridgehead atoms. The van der Waals surface area contributed by atoms with Crippen LogP contribution in [0.5, 0.6) is 0 Å². The van der Waals surface area contributed by atoms with E-state index in [1.165, 1.54) is 29.2 Å². The van der Waals surface area contributed by atoms with Crippen molar-refractivity contribution in [2.45, 2.75) is 50.2 Å². The first-order valence-electron chi connectivity index (χ1n) is 14.6. The number of hydrogen-bond donors (Lipinski definition) is 1. The van der Waals surface area contributed by atoms with E-state index in [0.29, 0.717) is 5.56 Å². The average molecular weight is 698 g/mol. The Kier molecular flexibility index (Phi) is 11.3. The molecule has 13 heteroatoms. The molecule has 1 atom stereocenters. The molecule has 0 saturated heterocycles. The number of non-ortho nitro benzene ring substituents is 1. The molecule has 0 aliphatic rings. The van der Waals surface area contributed by atoms with Crippen LogP contribution in [0, 0.1) is 10.1 Å². The molecule has 0 radical (unpaired) electrons. The van der Waals surface area contributed by atoms with E-state index in [1.807, 2.05) is 51.1 Å². The number of nitrogens with zero attached hydrogens (tertiary/aromatic N) is 3. The van der Waals surface area contributed by atoms with Crippen LogP contribution in [0.15, 0.2) is 108 Å². The number of anilines is 1. The fourth-order valence-electron chi connectivity index (χ4n) is 4.85. The summed E-state index contributed by atoms with van der Waals surface area (Å²) >= 11 is 13.1. The lowest BCUT2D eigenvalue weighted by atomic mass is 10.0. The second-order valence-electron chi connectivity index (χ2n) is 11.8. The molecule has 4 aromatic rings. The number of halogens is 2.